The van der Waals surface area contributed by atoms with Crippen LogP contribution in [0.4, 0.5) is 5.69 Å². The minimum Gasteiger partial charge on any atom is -0.367 e. The van der Waals surface area contributed by atoms with Gasteiger partial charge in [-0.05, 0) is 50.9 Å². The first-order valence-corrected chi connectivity index (χ1v) is 11.5. The number of aryl methyl sites for hydroxylation is 2. The number of fused-ring (bicyclic) bond motifs is 3. The number of piperazine rings is 1. The van der Waals surface area contributed by atoms with E-state index in [2.05, 4.69) is 32.9 Å². The lowest BCUT2D eigenvalue weighted by Gasteiger charge is -2.38. The zero-order valence-electron chi connectivity index (χ0n) is 18.5. The molecule has 2 saturated heterocycles. The van der Waals surface area contributed by atoms with Crippen LogP contribution in [-0.2, 0) is 6.42 Å². The van der Waals surface area contributed by atoms with E-state index in [9.17, 15) is 4.79 Å². The van der Waals surface area contributed by atoms with E-state index in [0.29, 0.717) is 23.1 Å². The van der Waals surface area contributed by atoms with Gasteiger partial charge in [-0.25, -0.2) is 9.50 Å². The number of rotatable bonds is 3. The van der Waals surface area contributed by atoms with Gasteiger partial charge in [0.05, 0.1) is 34.5 Å². The second kappa shape index (κ2) is 7.41. The molecule has 8 heteroatoms. The summed E-state index contributed by atoms with van der Waals surface area (Å²) < 4.78 is 3.49. The zero-order valence-corrected chi connectivity index (χ0v) is 18.5. The highest BCUT2D eigenvalue weighted by Gasteiger charge is 2.30. The average Bonchev–Trinajstić information content (AvgIpc) is 3.44. The van der Waals surface area contributed by atoms with Crippen molar-refractivity contribution in [2.24, 2.45) is 0 Å². The Labute approximate surface area is 186 Å². The molecule has 0 saturated carbocycles. The Morgan fingerprint density at radius 2 is 1.97 bits per heavy atom. The molecule has 0 aliphatic carbocycles. The second-order valence-electron chi connectivity index (χ2n) is 8.92. The van der Waals surface area contributed by atoms with Crippen molar-refractivity contribution in [1.82, 2.24) is 28.9 Å². The average molecular weight is 430 g/mol. The van der Waals surface area contributed by atoms with Crippen molar-refractivity contribution in [2.45, 2.75) is 39.2 Å². The largest absolute Gasteiger partial charge is 0.367 e. The third kappa shape index (κ3) is 3.17. The molecule has 1 atom stereocenters. The van der Waals surface area contributed by atoms with Crippen LogP contribution in [0.1, 0.15) is 31.2 Å². The van der Waals surface area contributed by atoms with E-state index in [1.54, 1.807) is 10.5 Å². The summed E-state index contributed by atoms with van der Waals surface area (Å²) in [5.74, 6) is 0. The predicted molar refractivity (Wildman–Crippen MR) is 124 cm³/mol. The first-order chi connectivity index (χ1) is 15.6. The first kappa shape index (κ1) is 19.4. The molecule has 0 bridgehead atoms. The molecule has 164 valence electrons. The summed E-state index contributed by atoms with van der Waals surface area (Å²) in [5.41, 5.74) is 5.78. The van der Waals surface area contributed by atoms with Gasteiger partial charge in [-0.2, -0.15) is 5.10 Å². The number of pyridine rings is 1. The molecule has 32 heavy (non-hydrogen) atoms. The van der Waals surface area contributed by atoms with Crippen molar-refractivity contribution in [3.05, 3.63) is 58.4 Å². The van der Waals surface area contributed by atoms with E-state index in [0.717, 1.165) is 48.6 Å². The lowest BCUT2D eigenvalue weighted by atomic mass is 10.1. The maximum atomic E-state index is 13.0. The van der Waals surface area contributed by atoms with E-state index in [1.807, 2.05) is 36.0 Å². The molecule has 6 rings (SSSR count). The van der Waals surface area contributed by atoms with Gasteiger partial charge in [0.2, 0.25) is 0 Å². The van der Waals surface area contributed by atoms with Crippen LogP contribution in [-0.4, -0.2) is 61.1 Å². The molecule has 1 unspecified atom stereocenters. The topological polar surface area (TPSA) is 71.0 Å². The summed E-state index contributed by atoms with van der Waals surface area (Å²) in [6.07, 6.45) is 7.22. The number of aromatic nitrogens is 5. The van der Waals surface area contributed by atoms with Gasteiger partial charge in [-0.15, -0.1) is 0 Å². The van der Waals surface area contributed by atoms with Gasteiger partial charge in [-0.3, -0.25) is 19.1 Å². The molecule has 0 spiro atoms. The van der Waals surface area contributed by atoms with Gasteiger partial charge in [0.1, 0.15) is 11.3 Å². The summed E-state index contributed by atoms with van der Waals surface area (Å²) in [6.45, 7) is 8.39. The first-order valence-electron chi connectivity index (χ1n) is 11.5. The summed E-state index contributed by atoms with van der Waals surface area (Å²) in [5, 5.41) is 4.68. The smallest absolute Gasteiger partial charge is 0.258 e. The van der Waals surface area contributed by atoms with Crippen LogP contribution < -0.4 is 10.5 Å². The molecule has 6 heterocycles. The van der Waals surface area contributed by atoms with Crippen LogP contribution in [0, 0.1) is 6.92 Å². The molecule has 0 amide bonds. The van der Waals surface area contributed by atoms with Gasteiger partial charge < -0.3 is 4.90 Å². The van der Waals surface area contributed by atoms with E-state index in [-0.39, 0.29) is 5.56 Å². The quantitative estimate of drug-likeness (QED) is 0.499. The molecule has 4 aromatic rings. The summed E-state index contributed by atoms with van der Waals surface area (Å²) in [6, 6.07) is 8.22. The Balaban J connectivity index is 1.37. The Hall–Kier alpha value is -3.26. The summed E-state index contributed by atoms with van der Waals surface area (Å²) in [7, 11) is 0. The van der Waals surface area contributed by atoms with Crippen molar-refractivity contribution in [1.29, 1.82) is 0 Å². The van der Waals surface area contributed by atoms with Gasteiger partial charge in [-0.1, -0.05) is 6.92 Å². The van der Waals surface area contributed by atoms with Crippen LogP contribution in [0.2, 0.25) is 0 Å². The van der Waals surface area contributed by atoms with Gasteiger partial charge >= 0.3 is 0 Å². The Morgan fingerprint density at radius 1 is 1.06 bits per heavy atom. The molecule has 2 fully saturated rings. The second-order valence-corrected chi connectivity index (χ2v) is 8.92. The molecule has 8 nitrogen and oxygen atoms in total. The Kier molecular flexibility index (Phi) is 4.50. The fourth-order valence-electron chi connectivity index (χ4n) is 5.21. The van der Waals surface area contributed by atoms with Crippen LogP contribution in [0.3, 0.4) is 0 Å². The van der Waals surface area contributed by atoms with Crippen molar-refractivity contribution < 1.29 is 0 Å². The van der Waals surface area contributed by atoms with E-state index in [4.69, 9.17) is 4.98 Å². The standard InChI is InChI=1S/C24H27N7O/c1-3-19-22-11-21(27-31(22)13-16(2)25-19)20-12-24(32)30-15-18(6-7-23(30)26-20)29-10-9-28-8-4-5-17(28)14-29/h6-7,11-13,15,17H,3-5,8-10,14H2,1-2H3. The van der Waals surface area contributed by atoms with Crippen LogP contribution >= 0.6 is 0 Å². The van der Waals surface area contributed by atoms with Gasteiger partial charge in [0.15, 0.2) is 0 Å². The van der Waals surface area contributed by atoms with E-state index < -0.39 is 0 Å². The molecule has 0 radical (unpaired) electrons. The van der Waals surface area contributed by atoms with Crippen LogP contribution in [0.5, 0.6) is 0 Å². The molecule has 0 aromatic carbocycles. The highest BCUT2D eigenvalue weighted by Crippen LogP contribution is 2.26. The number of nitrogens with zero attached hydrogens (tertiary/aromatic N) is 7. The van der Waals surface area contributed by atoms with Gasteiger partial charge in [0.25, 0.3) is 5.56 Å². The molecule has 2 aliphatic heterocycles. The van der Waals surface area contributed by atoms with Crippen molar-refractivity contribution >= 4 is 16.9 Å². The predicted octanol–water partition coefficient (Wildman–Crippen LogP) is 2.56. The number of hydrogen-bond donors (Lipinski definition) is 0. The fourth-order valence-corrected chi connectivity index (χ4v) is 5.21. The molecule has 2 aliphatic rings. The van der Waals surface area contributed by atoms with Crippen LogP contribution in [0.25, 0.3) is 22.6 Å². The van der Waals surface area contributed by atoms with E-state index in [1.165, 1.54) is 19.4 Å². The molecular weight excluding hydrogens is 402 g/mol. The minimum atomic E-state index is -0.0894. The van der Waals surface area contributed by atoms with Crippen molar-refractivity contribution in [2.75, 3.05) is 31.1 Å². The van der Waals surface area contributed by atoms with Crippen LogP contribution in [0.15, 0.2) is 41.5 Å². The molecular formula is C24H27N7O. The summed E-state index contributed by atoms with van der Waals surface area (Å²) >= 11 is 0. The third-order valence-electron chi connectivity index (χ3n) is 6.85. The SMILES string of the molecule is CCc1nc(C)cn2nc(-c3cc(=O)n4cc(N5CCN6CCCC6C5)ccc4n3)cc12. The lowest BCUT2D eigenvalue weighted by molar-refractivity contribution is 0.231. The Morgan fingerprint density at radius 3 is 2.84 bits per heavy atom. The highest BCUT2D eigenvalue weighted by molar-refractivity contribution is 5.66. The lowest BCUT2D eigenvalue weighted by Crippen LogP contribution is -2.50. The number of anilines is 1. The maximum Gasteiger partial charge on any atom is 0.258 e. The van der Waals surface area contributed by atoms with Crippen molar-refractivity contribution in [3.8, 4) is 11.4 Å². The zero-order chi connectivity index (χ0) is 21.8. The number of hydrogen-bond acceptors (Lipinski definition) is 6. The normalized spacial score (nSPS) is 19.2. The maximum absolute atomic E-state index is 13.0. The third-order valence-corrected chi connectivity index (χ3v) is 6.85. The fraction of sp³-hybridized carbons (Fsp3) is 0.417. The van der Waals surface area contributed by atoms with Crippen molar-refractivity contribution in [3.63, 3.8) is 0 Å². The Bertz CT molecular complexity index is 1390. The van der Waals surface area contributed by atoms with E-state index >= 15 is 0 Å². The summed E-state index contributed by atoms with van der Waals surface area (Å²) in [4.78, 5) is 27.4. The highest BCUT2D eigenvalue weighted by atomic mass is 16.1. The van der Waals surface area contributed by atoms with Gasteiger partial charge in [0, 0.05) is 37.9 Å². The molecule has 4 aromatic heterocycles. The monoisotopic (exact) mass is 429 g/mol. The molecule has 0 N–H and O–H groups in total. The minimum absolute atomic E-state index is 0.0894.